The Morgan fingerprint density at radius 2 is 0.516 bits per heavy atom. The summed E-state index contributed by atoms with van der Waals surface area (Å²) in [6, 6.07) is 0. The zero-order valence-corrected chi connectivity index (χ0v) is 44.1. The molecule has 0 unspecified atom stereocenters. The summed E-state index contributed by atoms with van der Waals surface area (Å²) in [7, 11) is 0. The highest BCUT2D eigenvalue weighted by Crippen LogP contribution is 2.18. The van der Waals surface area contributed by atoms with Gasteiger partial charge in [0.1, 0.15) is 6.61 Å². The smallest absolute Gasteiger partial charge is 0.306 e. The van der Waals surface area contributed by atoms with Crippen molar-refractivity contribution >= 4 is 11.9 Å². The van der Waals surface area contributed by atoms with Crippen molar-refractivity contribution in [3.05, 3.63) is 0 Å². The fraction of sp³-hybridized carbons (Fsp3) is 0.966. The molecule has 0 aromatic rings. The largest absolute Gasteiger partial charge is 0.462 e. The standard InChI is InChI=1S/C59H116O5/c1-4-7-10-13-16-19-22-25-27-29-30-31-32-35-38-41-44-47-50-53-59(61)64-57(56-63-58(60)52-49-46-43-40-37-34-24-21-18-15-12-9-6-3)55-62-54-51-48-45-42-39-36-33-28-26-23-20-17-14-11-8-5-2/h57H,4-56H2,1-3H3/t57-/m1/s1. The molecular formula is C59H116O5. The number of unbranched alkanes of at least 4 members (excludes halogenated alkanes) is 45. The van der Waals surface area contributed by atoms with Gasteiger partial charge in [-0.1, -0.05) is 310 Å². The second-order valence-corrected chi connectivity index (χ2v) is 20.3. The average molecular weight is 906 g/mol. The van der Waals surface area contributed by atoms with E-state index in [1.807, 2.05) is 0 Å². The summed E-state index contributed by atoms with van der Waals surface area (Å²) < 4.78 is 17.5. The van der Waals surface area contributed by atoms with Crippen molar-refractivity contribution in [1.82, 2.24) is 0 Å². The maximum absolute atomic E-state index is 12.9. The lowest BCUT2D eigenvalue weighted by molar-refractivity contribution is -0.163. The first-order valence-corrected chi connectivity index (χ1v) is 29.6. The lowest BCUT2D eigenvalue weighted by Crippen LogP contribution is -2.30. The van der Waals surface area contributed by atoms with Crippen LogP contribution in [-0.4, -0.2) is 37.9 Å². The molecule has 0 spiro atoms. The normalized spacial score (nSPS) is 12.0. The fourth-order valence-corrected chi connectivity index (χ4v) is 9.22. The number of esters is 2. The molecule has 0 heterocycles. The molecule has 0 aliphatic rings. The van der Waals surface area contributed by atoms with Crippen LogP contribution >= 0.6 is 0 Å². The van der Waals surface area contributed by atoms with Crippen molar-refractivity contribution in [2.75, 3.05) is 19.8 Å². The van der Waals surface area contributed by atoms with Crippen LogP contribution in [0.4, 0.5) is 0 Å². The second kappa shape index (κ2) is 56.2. The molecule has 5 heteroatoms. The molecule has 0 aliphatic carbocycles. The Bertz CT molecular complexity index is 891. The van der Waals surface area contributed by atoms with Crippen LogP contribution in [0.5, 0.6) is 0 Å². The van der Waals surface area contributed by atoms with Gasteiger partial charge in [-0.05, 0) is 19.3 Å². The lowest BCUT2D eigenvalue weighted by Gasteiger charge is -2.18. The second-order valence-electron chi connectivity index (χ2n) is 20.3. The van der Waals surface area contributed by atoms with Crippen LogP contribution < -0.4 is 0 Å². The number of hydrogen-bond acceptors (Lipinski definition) is 5. The molecule has 0 amide bonds. The van der Waals surface area contributed by atoms with E-state index in [9.17, 15) is 9.59 Å². The van der Waals surface area contributed by atoms with Gasteiger partial charge in [0.05, 0.1) is 6.61 Å². The summed E-state index contributed by atoms with van der Waals surface area (Å²) in [5.41, 5.74) is 0. The molecule has 0 aromatic heterocycles. The molecule has 0 rings (SSSR count). The Morgan fingerprint density at radius 3 is 0.797 bits per heavy atom. The highest BCUT2D eigenvalue weighted by Gasteiger charge is 2.18. The Kier molecular flexibility index (Phi) is 55.3. The van der Waals surface area contributed by atoms with Crippen molar-refractivity contribution in [2.45, 2.75) is 348 Å². The van der Waals surface area contributed by atoms with Crippen molar-refractivity contribution in [3.63, 3.8) is 0 Å². The molecule has 0 saturated carbocycles. The number of ether oxygens (including phenoxy) is 3. The summed E-state index contributed by atoms with van der Waals surface area (Å²) in [5.74, 6) is -0.365. The van der Waals surface area contributed by atoms with Crippen LogP contribution in [0.15, 0.2) is 0 Å². The van der Waals surface area contributed by atoms with Crippen LogP contribution in [0.1, 0.15) is 342 Å². The SMILES string of the molecule is CCCCCCCCCCCCCCCCCCCCCC(=O)O[C@H](COCCCCCCCCCCCCCCCCCC)COC(=O)CCCCCCCCCCCCCCC. The van der Waals surface area contributed by atoms with Gasteiger partial charge in [0.25, 0.3) is 0 Å². The van der Waals surface area contributed by atoms with E-state index in [2.05, 4.69) is 20.8 Å². The highest BCUT2D eigenvalue weighted by atomic mass is 16.6. The molecule has 0 aromatic carbocycles. The fourth-order valence-electron chi connectivity index (χ4n) is 9.22. The molecule has 0 radical (unpaired) electrons. The van der Waals surface area contributed by atoms with Crippen molar-refractivity contribution < 1.29 is 23.8 Å². The van der Waals surface area contributed by atoms with E-state index >= 15 is 0 Å². The van der Waals surface area contributed by atoms with E-state index < -0.39 is 6.10 Å². The third kappa shape index (κ3) is 53.5. The maximum Gasteiger partial charge on any atom is 0.306 e. The van der Waals surface area contributed by atoms with Gasteiger partial charge in [-0.25, -0.2) is 0 Å². The third-order valence-corrected chi connectivity index (χ3v) is 13.6. The average Bonchev–Trinajstić information content (AvgIpc) is 3.30. The Balaban J connectivity index is 4.16. The van der Waals surface area contributed by atoms with Gasteiger partial charge in [-0.3, -0.25) is 9.59 Å². The summed E-state index contributed by atoms with van der Waals surface area (Å²) in [5, 5.41) is 0. The van der Waals surface area contributed by atoms with Crippen molar-refractivity contribution in [1.29, 1.82) is 0 Å². The lowest BCUT2D eigenvalue weighted by atomic mass is 10.0. The summed E-state index contributed by atoms with van der Waals surface area (Å²) in [6.45, 7) is 7.93. The van der Waals surface area contributed by atoms with E-state index in [1.165, 1.54) is 276 Å². The number of carbonyl (C=O) groups excluding carboxylic acids is 2. The minimum Gasteiger partial charge on any atom is -0.462 e. The topological polar surface area (TPSA) is 61.8 Å². The molecule has 5 nitrogen and oxygen atoms in total. The maximum atomic E-state index is 12.9. The molecular weight excluding hydrogens is 789 g/mol. The zero-order chi connectivity index (χ0) is 46.3. The van der Waals surface area contributed by atoms with E-state index in [4.69, 9.17) is 14.2 Å². The van der Waals surface area contributed by atoms with Crippen molar-refractivity contribution in [2.24, 2.45) is 0 Å². The predicted molar refractivity (Wildman–Crippen MR) is 280 cm³/mol. The summed E-state index contributed by atoms with van der Waals surface area (Å²) in [4.78, 5) is 25.5. The monoisotopic (exact) mass is 905 g/mol. The highest BCUT2D eigenvalue weighted by molar-refractivity contribution is 5.70. The van der Waals surface area contributed by atoms with Gasteiger partial charge in [-0.2, -0.15) is 0 Å². The van der Waals surface area contributed by atoms with Gasteiger partial charge in [0.15, 0.2) is 6.10 Å². The quantitative estimate of drug-likeness (QED) is 0.0449. The molecule has 0 aliphatic heterocycles. The predicted octanol–water partition coefficient (Wildman–Crippen LogP) is 20.0. The minimum absolute atomic E-state index is 0.0984. The van der Waals surface area contributed by atoms with Crippen LogP contribution in [0, 0.1) is 0 Å². The summed E-state index contributed by atoms with van der Waals surface area (Å²) in [6.07, 6.45) is 64.1. The third-order valence-electron chi connectivity index (χ3n) is 13.6. The number of rotatable bonds is 56. The zero-order valence-electron chi connectivity index (χ0n) is 44.1. The Morgan fingerprint density at radius 1 is 0.281 bits per heavy atom. The molecule has 1 atom stereocenters. The van der Waals surface area contributed by atoms with Gasteiger partial charge < -0.3 is 14.2 Å². The van der Waals surface area contributed by atoms with Crippen molar-refractivity contribution in [3.8, 4) is 0 Å². The molecule has 0 fully saturated rings. The van der Waals surface area contributed by atoms with E-state index in [1.54, 1.807) is 0 Å². The van der Waals surface area contributed by atoms with Gasteiger partial charge >= 0.3 is 11.9 Å². The molecule has 382 valence electrons. The molecule has 0 bridgehead atoms. The number of carbonyl (C=O) groups is 2. The first kappa shape index (κ1) is 62.9. The molecule has 64 heavy (non-hydrogen) atoms. The van der Waals surface area contributed by atoms with Crippen LogP contribution in [0.25, 0.3) is 0 Å². The van der Waals surface area contributed by atoms with Crippen LogP contribution in [0.3, 0.4) is 0 Å². The van der Waals surface area contributed by atoms with Crippen LogP contribution in [-0.2, 0) is 23.8 Å². The van der Waals surface area contributed by atoms with E-state index in [-0.39, 0.29) is 18.5 Å². The summed E-state index contributed by atoms with van der Waals surface area (Å²) >= 11 is 0. The Labute approximate surface area is 402 Å². The molecule has 0 N–H and O–H groups in total. The van der Waals surface area contributed by atoms with Crippen LogP contribution in [0.2, 0.25) is 0 Å². The van der Waals surface area contributed by atoms with Gasteiger partial charge in [0.2, 0.25) is 0 Å². The molecule has 0 saturated heterocycles. The van der Waals surface area contributed by atoms with Gasteiger partial charge in [0, 0.05) is 19.4 Å². The minimum atomic E-state index is -0.524. The van der Waals surface area contributed by atoms with E-state index in [0.29, 0.717) is 26.1 Å². The first-order valence-electron chi connectivity index (χ1n) is 29.6. The van der Waals surface area contributed by atoms with E-state index in [0.717, 1.165) is 32.1 Å². The first-order chi connectivity index (χ1) is 31.6. The van der Waals surface area contributed by atoms with Gasteiger partial charge in [-0.15, -0.1) is 0 Å². The number of hydrogen-bond donors (Lipinski definition) is 0. The Hall–Kier alpha value is -1.10.